The van der Waals surface area contributed by atoms with E-state index in [1.807, 2.05) is 0 Å². The maximum atomic E-state index is 3.73. The summed E-state index contributed by atoms with van der Waals surface area (Å²) in [6.45, 7) is 5.67. The molecule has 0 bridgehead atoms. The van der Waals surface area contributed by atoms with Gasteiger partial charge in [-0.2, -0.15) is 0 Å². The third kappa shape index (κ3) is 4.99. The second-order valence-corrected chi connectivity index (χ2v) is 6.00. The highest BCUT2D eigenvalue weighted by Gasteiger charge is 2.30. The molecule has 0 heterocycles. The number of benzene rings is 1. The molecule has 1 nitrogen and oxygen atoms in total. The standard InChI is InChI=1S/C18H29N/c1-3-5-15-6-8-16(9-7-15)10-13-18(17-11-12-17)19-14-4-2/h6-9,17-19H,3-5,10-14H2,1-2H3. The first-order chi connectivity index (χ1) is 9.33. The van der Waals surface area contributed by atoms with Crippen LogP contribution in [0.25, 0.3) is 0 Å². The summed E-state index contributed by atoms with van der Waals surface area (Å²) in [6, 6.07) is 10.0. The normalized spacial score (nSPS) is 16.5. The van der Waals surface area contributed by atoms with Crippen molar-refractivity contribution in [1.82, 2.24) is 5.32 Å². The van der Waals surface area contributed by atoms with Crippen LogP contribution in [0, 0.1) is 5.92 Å². The Hall–Kier alpha value is -0.820. The smallest absolute Gasteiger partial charge is 0.00984 e. The van der Waals surface area contributed by atoms with Crippen molar-refractivity contribution in [3.05, 3.63) is 35.4 Å². The van der Waals surface area contributed by atoms with Gasteiger partial charge in [-0.3, -0.25) is 0 Å². The molecule has 1 saturated carbocycles. The molecule has 1 unspecified atom stereocenters. The minimum Gasteiger partial charge on any atom is -0.314 e. The molecule has 0 aliphatic heterocycles. The molecule has 1 heteroatoms. The van der Waals surface area contributed by atoms with Crippen molar-refractivity contribution in [2.24, 2.45) is 5.92 Å². The number of rotatable bonds is 9. The van der Waals surface area contributed by atoms with Crippen LogP contribution in [0.4, 0.5) is 0 Å². The summed E-state index contributed by atoms with van der Waals surface area (Å²) >= 11 is 0. The average Bonchev–Trinajstić information content (AvgIpc) is 3.25. The number of nitrogens with one attached hydrogen (secondary N) is 1. The first-order valence-corrected chi connectivity index (χ1v) is 8.14. The molecule has 1 atom stereocenters. The fourth-order valence-electron chi connectivity index (χ4n) is 2.82. The Morgan fingerprint density at radius 2 is 1.63 bits per heavy atom. The zero-order valence-electron chi connectivity index (χ0n) is 12.6. The molecule has 0 spiro atoms. The summed E-state index contributed by atoms with van der Waals surface area (Å²) in [7, 11) is 0. The molecule has 2 rings (SSSR count). The van der Waals surface area contributed by atoms with Gasteiger partial charge in [-0.05, 0) is 62.1 Å². The minimum absolute atomic E-state index is 0.760. The molecule has 0 radical (unpaired) electrons. The van der Waals surface area contributed by atoms with E-state index in [1.54, 1.807) is 0 Å². The fraction of sp³-hybridized carbons (Fsp3) is 0.667. The van der Waals surface area contributed by atoms with Crippen LogP contribution in [0.2, 0.25) is 0 Å². The monoisotopic (exact) mass is 259 g/mol. The summed E-state index contributed by atoms with van der Waals surface area (Å²) in [5.41, 5.74) is 2.98. The van der Waals surface area contributed by atoms with Gasteiger partial charge in [0.25, 0.3) is 0 Å². The fourth-order valence-corrected chi connectivity index (χ4v) is 2.82. The molecule has 1 fully saturated rings. The summed E-state index contributed by atoms with van der Waals surface area (Å²) in [5, 5.41) is 3.73. The second-order valence-electron chi connectivity index (χ2n) is 6.00. The van der Waals surface area contributed by atoms with Gasteiger partial charge in [-0.1, -0.05) is 44.5 Å². The van der Waals surface area contributed by atoms with Gasteiger partial charge in [0.2, 0.25) is 0 Å². The van der Waals surface area contributed by atoms with E-state index in [2.05, 4.69) is 43.4 Å². The maximum Gasteiger partial charge on any atom is 0.00984 e. The van der Waals surface area contributed by atoms with Gasteiger partial charge >= 0.3 is 0 Å². The van der Waals surface area contributed by atoms with Crippen molar-refractivity contribution in [3.63, 3.8) is 0 Å². The Kier molecular flexibility index (Phi) is 5.91. The van der Waals surface area contributed by atoms with Crippen LogP contribution >= 0.6 is 0 Å². The Morgan fingerprint density at radius 1 is 1.00 bits per heavy atom. The topological polar surface area (TPSA) is 12.0 Å². The summed E-state index contributed by atoms with van der Waals surface area (Å²) < 4.78 is 0. The molecular weight excluding hydrogens is 230 g/mol. The summed E-state index contributed by atoms with van der Waals surface area (Å²) in [5.74, 6) is 0.964. The lowest BCUT2D eigenvalue weighted by Crippen LogP contribution is -2.32. The predicted octanol–water partition coefficient (Wildman–Crippen LogP) is 4.35. The highest BCUT2D eigenvalue weighted by Crippen LogP contribution is 2.34. The molecule has 1 aliphatic rings. The maximum absolute atomic E-state index is 3.73. The van der Waals surface area contributed by atoms with Crippen LogP contribution in [-0.2, 0) is 12.8 Å². The third-order valence-corrected chi connectivity index (χ3v) is 4.15. The van der Waals surface area contributed by atoms with Crippen LogP contribution in [-0.4, -0.2) is 12.6 Å². The Morgan fingerprint density at radius 3 is 2.16 bits per heavy atom. The summed E-state index contributed by atoms with van der Waals surface area (Å²) in [6.07, 6.45) is 9.11. The van der Waals surface area contributed by atoms with Gasteiger partial charge in [0.15, 0.2) is 0 Å². The lowest BCUT2D eigenvalue weighted by molar-refractivity contribution is 0.436. The molecule has 1 N–H and O–H groups in total. The van der Waals surface area contributed by atoms with Gasteiger partial charge in [0.1, 0.15) is 0 Å². The van der Waals surface area contributed by atoms with Crippen LogP contribution in [0.3, 0.4) is 0 Å². The van der Waals surface area contributed by atoms with Crippen molar-refractivity contribution in [2.75, 3.05) is 6.54 Å². The van der Waals surface area contributed by atoms with E-state index in [0.717, 1.165) is 12.0 Å². The lowest BCUT2D eigenvalue weighted by Gasteiger charge is -2.18. The highest BCUT2D eigenvalue weighted by molar-refractivity contribution is 5.22. The zero-order chi connectivity index (χ0) is 13.5. The third-order valence-electron chi connectivity index (χ3n) is 4.15. The van der Waals surface area contributed by atoms with E-state index in [1.165, 1.54) is 62.6 Å². The first-order valence-electron chi connectivity index (χ1n) is 8.14. The van der Waals surface area contributed by atoms with E-state index in [9.17, 15) is 0 Å². The molecule has 106 valence electrons. The molecule has 19 heavy (non-hydrogen) atoms. The van der Waals surface area contributed by atoms with Gasteiger partial charge in [0.05, 0.1) is 0 Å². The predicted molar refractivity (Wildman–Crippen MR) is 83.6 cm³/mol. The SMILES string of the molecule is CCCNC(CCc1ccc(CCC)cc1)C1CC1. The van der Waals surface area contributed by atoms with Gasteiger partial charge in [-0.15, -0.1) is 0 Å². The molecule has 1 aromatic rings. The van der Waals surface area contributed by atoms with Crippen LogP contribution in [0.5, 0.6) is 0 Å². The quantitative estimate of drug-likeness (QED) is 0.695. The first kappa shape index (κ1) is 14.6. The average molecular weight is 259 g/mol. The number of hydrogen-bond acceptors (Lipinski definition) is 1. The van der Waals surface area contributed by atoms with Crippen molar-refractivity contribution in [1.29, 1.82) is 0 Å². The minimum atomic E-state index is 0.760. The highest BCUT2D eigenvalue weighted by atomic mass is 14.9. The molecule has 0 aromatic heterocycles. The van der Waals surface area contributed by atoms with E-state index in [4.69, 9.17) is 0 Å². The van der Waals surface area contributed by atoms with Gasteiger partial charge in [-0.25, -0.2) is 0 Å². The zero-order valence-corrected chi connectivity index (χ0v) is 12.6. The largest absolute Gasteiger partial charge is 0.314 e. The van der Waals surface area contributed by atoms with Gasteiger partial charge < -0.3 is 5.32 Å². The van der Waals surface area contributed by atoms with Crippen LogP contribution in [0.15, 0.2) is 24.3 Å². The summed E-state index contributed by atoms with van der Waals surface area (Å²) in [4.78, 5) is 0. The van der Waals surface area contributed by atoms with Crippen LogP contribution in [0.1, 0.15) is 57.1 Å². The van der Waals surface area contributed by atoms with Crippen molar-refractivity contribution < 1.29 is 0 Å². The van der Waals surface area contributed by atoms with Crippen LogP contribution < -0.4 is 5.32 Å². The molecule has 0 saturated heterocycles. The number of aryl methyl sites for hydroxylation is 2. The number of hydrogen-bond donors (Lipinski definition) is 1. The van der Waals surface area contributed by atoms with Crippen molar-refractivity contribution in [3.8, 4) is 0 Å². The second kappa shape index (κ2) is 7.69. The Balaban J connectivity index is 1.79. The van der Waals surface area contributed by atoms with Gasteiger partial charge in [0, 0.05) is 6.04 Å². The van der Waals surface area contributed by atoms with E-state index >= 15 is 0 Å². The Labute approximate surface area is 118 Å². The lowest BCUT2D eigenvalue weighted by atomic mass is 10.00. The molecule has 0 amide bonds. The van der Waals surface area contributed by atoms with Crippen molar-refractivity contribution in [2.45, 2.75) is 64.8 Å². The van der Waals surface area contributed by atoms with E-state index in [0.29, 0.717) is 0 Å². The molecular formula is C18H29N. The van der Waals surface area contributed by atoms with Crippen molar-refractivity contribution >= 4 is 0 Å². The van der Waals surface area contributed by atoms with E-state index in [-0.39, 0.29) is 0 Å². The van der Waals surface area contributed by atoms with E-state index < -0.39 is 0 Å². The Bertz CT molecular complexity index is 350. The molecule has 1 aliphatic carbocycles. The molecule has 1 aromatic carbocycles.